The Bertz CT molecular complexity index is 1780. The maximum atomic E-state index is 14.1. The van der Waals surface area contributed by atoms with Crippen LogP contribution in [0.1, 0.15) is 169 Å². The summed E-state index contributed by atoms with van der Waals surface area (Å²) in [5.74, 6) is -0.517. The van der Waals surface area contributed by atoms with Crippen LogP contribution in [-0.2, 0) is 40.6 Å². The van der Waals surface area contributed by atoms with Gasteiger partial charge < -0.3 is 9.47 Å². The van der Waals surface area contributed by atoms with Crippen molar-refractivity contribution in [1.29, 1.82) is 0 Å². The zero-order valence-corrected chi connectivity index (χ0v) is 33.8. The zero-order valence-electron chi connectivity index (χ0n) is 33.8. The minimum atomic E-state index is -0.792. The van der Waals surface area contributed by atoms with Crippen LogP contribution in [0.4, 0.5) is 0 Å². The maximum Gasteiger partial charge on any atom is 0.338 e. The van der Waals surface area contributed by atoms with Gasteiger partial charge in [0.05, 0.1) is 29.8 Å². The molecule has 0 bridgehead atoms. The fraction of sp³-hybridized carbons (Fsp3) is 0.469. The molecule has 0 aliphatic heterocycles. The van der Waals surface area contributed by atoms with Gasteiger partial charge >= 0.3 is 11.9 Å². The molecule has 4 nitrogen and oxygen atoms in total. The molecule has 0 saturated heterocycles. The van der Waals surface area contributed by atoms with Gasteiger partial charge in [0.2, 0.25) is 0 Å². The number of unbranched alkanes of at least 4 members (excludes halogenated alkanes) is 4. The number of benzene rings is 4. The Balaban J connectivity index is 2.02. The lowest BCUT2D eigenvalue weighted by atomic mass is 9.65. The van der Waals surface area contributed by atoms with Gasteiger partial charge in [0.25, 0.3) is 0 Å². The third-order valence-electron chi connectivity index (χ3n) is 11.1. The van der Waals surface area contributed by atoms with Gasteiger partial charge in [-0.05, 0) is 147 Å². The van der Waals surface area contributed by atoms with Crippen LogP contribution < -0.4 is 0 Å². The number of hydrogen-bond donors (Lipinski definition) is 0. The lowest BCUT2D eigenvalue weighted by Gasteiger charge is -2.36. The number of ether oxygens (including phenoxy) is 2. The molecule has 4 aromatic carbocycles. The Morgan fingerprint density at radius 1 is 0.509 bits per heavy atom. The molecule has 0 unspecified atom stereocenters. The molecule has 0 N–H and O–H groups in total. The largest absolute Gasteiger partial charge is 0.462 e. The molecular formula is C49H62O4. The van der Waals surface area contributed by atoms with Crippen LogP contribution in [0.2, 0.25) is 0 Å². The van der Waals surface area contributed by atoms with Gasteiger partial charge in [-0.15, -0.1) is 0 Å². The SMILES string of the molecule is CCCCc1cc(C2(c3cc(CCCC)c(CCCC)c(C(=O)OCC)c3)c3cc(C)ccc3-c3ccc(C)cc32)cc(C(=O)OCC)c1CCCC. The van der Waals surface area contributed by atoms with Crippen molar-refractivity contribution in [1.82, 2.24) is 0 Å². The number of fused-ring (bicyclic) bond motifs is 3. The number of carbonyl (C=O) groups excluding carboxylic acids is 2. The van der Waals surface area contributed by atoms with Gasteiger partial charge in [0.1, 0.15) is 0 Å². The summed E-state index contributed by atoms with van der Waals surface area (Å²) in [5.41, 5.74) is 14.5. The molecule has 5 rings (SSSR count). The number of esters is 2. The van der Waals surface area contributed by atoms with E-state index in [4.69, 9.17) is 9.47 Å². The average molecular weight is 715 g/mol. The van der Waals surface area contributed by atoms with Gasteiger partial charge in [-0.3, -0.25) is 0 Å². The molecule has 4 aromatic rings. The first-order valence-corrected chi connectivity index (χ1v) is 20.6. The van der Waals surface area contributed by atoms with E-state index in [1.807, 2.05) is 13.8 Å². The average Bonchev–Trinajstić information content (AvgIpc) is 3.43. The molecule has 0 radical (unpaired) electrons. The first kappa shape index (κ1) is 40.0. The minimum absolute atomic E-state index is 0.258. The third kappa shape index (κ3) is 8.03. The van der Waals surface area contributed by atoms with E-state index in [-0.39, 0.29) is 11.9 Å². The number of rotatable bonds is 18. The second kappa shape index (κ2) is 18.2. The van der Waals surface area contributed by atoms with Crippen molar-refractivity contribution in [3.8, 4) is 11.1 Å². The lowest BCUT2D eigenvalue weighted by Crippen LogP contribution is -2.31. The monoisotopic (exact) mass is 714 g/mol. The van der Waals surface area contributed by atoms with Gasteiger partial charge in [0, 0.05) is 0 Å². The normalized spacial score (nSPS) is 12.8. The van der Waals surface area contributed by atoms with Crippen molar-refractivity contribution < 1.29 is 19.1 Å². The van der Waals surface area contributed by atoms with Crippen molar-refractivity contribution in [3.05, 3.63) is 127 Å². The quantitative estimate of drug-likeness (QED) is 0.0848. The summed E-state index contributed by atoms with van der Waals surface area (Å²) in [6.07, 6.45) is 11.7. The van der Waals surface area contributed by atoms with Gasteiger partial charge in [0.15, 0.2) is 0 Å². The predicted molar refractivity (Wildman–Crippen MR) is 220 cm³/mol. The van der Waals surface area contributed by atoms with E-state index < -0.39 is 5.41 Å². The Morgan fingerprint density at radius 2 is 0.887 bits per heavy atom. The van der Waals surface area contributed by atoms with E-state index in [2.05, 4.69) is 102 Å². The van der Waals surface area contributed by atoms with Crippen molar-refractivity contribution in [2.24, 2.45) is 0 Å². The highest BCUT2D eigenvalue weighted by molar-refractivity contribution is 5.95. The van der Waals surface area contributed by atoms with E-state index >= 15 is 0 Å². The topological polar surface area (TPSA) is 52.6 Å². The molecule has 0 heterocycles. The summed E-state index contributed by atoms with van der Waals surface area (Å²) in [7, 11) is 0. The molecule has 4 heteroatoms. The molecule has 0 saturated carbocycles. The van der Waals surface area contributed by atoms with Crippen LogP contribution in [0.25, 0.3) is 11.1 Å². The molecule has 0 spiro atoms. The molecule has 0 atom stereocenters. The molecule has 1 aliphatic carbocycles. The van der Waals surface area contributed by atoms with Crippen molar-refractivity contribution >= 4 is 11.9 Å². The Hall–Kier alpha value is -4.18. The first-order chi connectivity index (χ1) is 25.7. The molecule has 53 heavy (non-hydrogen) atoms. The van der Waals surface area contributed by atoms with Crippen molar-refractivity contribution in [2.45, 2.75) is 138 Å². The van der Waals surface area contributed by atoms with E-state index in [9.17, 15) is 9.59 Å². The van der Waals surface area contributed by atoms with E-state index in [1.165, 1.54) is 44.5 Å². The molecular weight excluding hydrogens is 653 g/mol. The standard InChI is InChI=1S/C49H62O4/c1-9-15-19-35-29-37(31-43(47(50)52-13-5)39(35)21-17-11-3)49(45-27-33(7)23-25-41(45)42-26-24-34(8)28-46(42)49)38-30-36(20-16-10-2)40(22-18-12-4)44(32-38)48(51)53-14-6/h23-32H,9-22H2,1-8H3. The van der Waals surface area contributed by atoms with Crippen LogP contribution in [0.3, 0.4) is 0 Å². The van der Waals surface area contributed by atoms with Gasteiger partial charge in [-0.1, -0.05) is 113 Å². The Morgan fingerprint density at radius 3 is 1.25 bits per heavy atom. The summed E-state index contributed by atoms with van der Waals surface area (Å²) in [5, 5.41) is 0. The highest BCUT2D eigenvalue weighted by atomic mass is 16.5. The summed E-state index contributed by atoms with van der Waals surface area (Å²) >= 11 is 0. The van der Waals surface area contributed by atoms with Gasteiger partial charge in [-0.25, -0.2) is 9.59 Å². The summed E-state index contributed by atoms with van der Waals surface area (Å²) in [4.78, 5) is 28.2. The van der Waals surface area contributed by atoms with Crippen molar-refractivity contribution in [3.63, 3.8) is 0 Å². The molecule has 282 valence electrons. The van der Waals surface area contributed by atoms with Crippen LogP contribution in [0, 0.1) is 13.8 Å². The molecule has 0 amide bonds. The smallest absolute Gasteiger partial charge is 0.338 e. The fourth-order valence-electron chi connectivity index (χ4n) is 8.50. The highest BCUT2D eigenvalue weighted by Crippen LogP contribution is 2.57. The Labute approximate surface area is 319 Å². The number of hydrogen-bond acceptors (Lipinski definition) is 4. The van der Waals surface area contributed by atoms with Crippen LogP contribution in [-0.4, -0.2) is 25.2 Å². The van der Waals surface area contributed by atoms with Crippen LogP contribution in [0.15, 0.2) is 60.7 Å². The number of carbonyl (C=O) groups is 2. The Kier molecular flexibility index (Phi) is 13.8. The van der Waals surface area contributed by atoms with E-state index in [0.717, 1.165) is 99.3 Å². The van der Waals surface area contributed by atoms with Crippen LogP contribution >= 0.6 is 0 Å². The van der Waals surface area contributed by atoms with Crippen molar-refractivity contribution in [2.75, 3.05) is 13.2 Å². The van der Waals surface area contributed by atoms with E-state index in [1.54, 1.807) is 0 Å². The fourth-order valence-corrected chi connectivity index (χ4v) is 8.50. The van der Waals surface area contributed by atoms with E-state index in [0.29, 0.717) is 24.3 Å². The first-order valence-electron chi connectivity index (χ1n) is 20.6. The summed E-state index contributed by atoms with van der Waals surface area (Å²) in [6, 6.07) is 22.7. The van der Waals surface area contributed by atoms with Gasteiger partial charge in [-0.2, -0.15) is 0 Å². The highest BCUT2D eigenvalue weighted by Gasteiger charge is 2.48. The molecule has 0 fully saturated rings. The third-order valence-corrected chi connectivity index (χ3v) is 11.1. The molecule has 1 aliphatic rings. The predicted octanol–water partition coefficient (Wildman–Crippen LogP) is 12.4. The number of aryl methyl sites for hydroxylation is 4. The lowest BCUT2D eigenvalue weighted by molar-refractivity contribution is 0.0515. The second-order valence-electron chi connectivity index (χ2n) is 15.0. The summed E-state index contributed by atoms with van der Waals surface area (Å²) < 4.78 is 11.7. The second-order valence-corrected chi connectivity index (χ2v) is 15.0. The zero-order chi connectivity index (χ0) is 38.1. The van der Waals surface area contributed by atoms with Crippen LogP contribution in [0.5, 0.6) is 0 Å². The summed E-state index contributed by atoms with van der Waals surface area (Å²) in [6.45, 7) is 17.6. The minimum Gasteiger partial charge on any atom is -0.462 e. The molecule has 0 aromatic heterocycles. The maximum absolute atomic E-state index is 14.1.